The molecule has 17 heavy (non-hydrogen) atoms. The third-order valence-electron chi connectivity index (χ3n) is 3.14. The van der Waals surface area contributed by atoms with Gasteiger partial charge in [-0.1, -0.05) is 13.3 Å². The van der Waals surface area contributed by atoms with Crippen molar-refractivity contribution in [1.29, 1.82) is 0 Å². The molecular weight excluding hydrogens is 212 g/mol. The Morgan fingerprint density at radius 1 is 1.35 bits per heavy atom. The van der Waals surface area contributed by atoms with Crippen molar-refractivity contribution in [3.8, 4) is 0 Å². The highest BCUT2D eigenvalue weighted by Gasteiger charge is 2.17. The van der Waals surface area contributed by atoms with Gasteiger partial charge >= 0.3 is 0 Å². The second-order valence-electron chi connectivity index (χ2n) is 6.05. The average Bonchev–Trinajstić information content (AvgIpc) is 2.42. The highest BCUT2D eigenvalue weighted by atomic mass is 16.5. The first-order valence-corrected chi connectivity index (χ1v) is 7.11. The Morgan fingerprint density at radius 2 is 2.12 bits per heavy atom. The summed E-state index contributed by atoms with van der Waals surface area (Å²) in [4.78, 5) is 2.55. The van der Waals surface area contributed by atoms with Crippen LogP contribution in [0.25, 0.3) is 0 Å². The molecule has 1 heterocycles. The highest BCUT2D eigenvalue weighted by Crippen LogP contribution is 2.08. The molecule has 1 saturated heterocycles. The molecule has 0 radical (unpaired) electrons. The maximum absolute atomic E-state index is 5.81. The molecule has 1 unspecified atom stereocenters. The van der Waals surface area contributed by atoms with Gasteiger partial charge in [0.05, 0.1) is 12.2 Å². The van der Waals surface area contributed by atoms with Crippen molar-refractivity contribution in [2.24, 2.45) is 0 Å². The summed E-state index contributed by atoms with van der Waals surface area (Å²) >= 11 is 0. The third-order valence-corrected chi connectivity index (χ3v) is 3.14. The van der Waals surface area contributed by atoms with E-state index < -0.39 is 0 Å². The predicted octanol–water partition coefficient (Wildman–Crippen LogP) is 2.27. The van der Waals surface area contributed by atoms with Crippen molar-refractivity contribution in [3.63, 3.8) is 0 Å². The Morgan fingerprint density at radius 3 is 2.76 bits per heavy atom. The Balaban J connectivity index is 2.26. The van der Waals surface area contributed by atoms with Gasteiger partial charge in [-0.3, -0.25) is 4.90 Å². The molecule has 3 heteroatoms. The van der Waals surface area contributed by atoms with Crippen LogP contribution in [-0.4, -0.2) is 49.3 Å². The molecule has 0 aromatic rings. The van der Waals surface area contributed by atoms with Crippen LogP contribution in [0.4, 0.5) is 0 Å². The molecule has 0 amide bonds. The summed E-state index contributed by atoms with van der Waals surface area (Å²) in [7, 11) is 0. The fourth-order valence-electron chi connectivity index (χ4n) is 2.30. The van der Waals surface area contributed by atoms with Gasteiger partial charge in [-0.05, 0) is 46.7 Å². The van der Waals surface area contributed by atoms with Crippen LogP contribution in [0, 0.1) is 0 Å². The number of ether oxygens (including phenoxy) is 1. The molecular formula is C14H30N2O. The summed E-state index contributed by atoms with van der Waals surface area (Å²) < 4.78 is 5.81. The molecule has 1 N–H and O–H groups in total. The van der Waals surface area contributed by atoms with Gasteiger partial charge in [-0.15, -0.1) is 0 Å². The molecule has 1 fully saturated rings. The van der Waals surface area contributed by atoms with Gasteiger partial charge in [-0.25, -0.2) is 0 Å². The normalized spacial score (nSPS) is 23.6. The lowest BCUT2D eigenvalue weighted by Crippen LogP contribution is -2.39. The number of hydrogen-bond acceptors (Lipinski definition) is 3. The molecule has 3 nitrogen and oxygen atoms in total. The van der Waals surface area contributed by atoms with Crippen LogP contribution in [0.2, 0.25) is 0 Å². The Hall–Kier alpha value is -0.120. The number of rotatable bonds is 5. The van der Waals surface area contributed by atoms with Crippen LogP contribution in [0.1, 0.15) is 47.0 Å². The van der Waals surface area contributed by atoms with Crippen LogP contribution >= 0.6 is 0 Å². The fraction of sp³-hybridized carbons (Fsp3) is 1.00. The van der Waals surface area contributed by atoms with E-state index in [4.69, 9.17) is 4.74 Å². The lowest BCUT2D eigenvalue weighted by molar-refractivity contribution is -0.0132. The molecule has 1 rings (SSSR count). The first-order valence-electron chi connectivity index (χ1n) is 7.11. The predicted molar refractivity (Wildman–Crippen MR) is 73.5 cm³/mol. The van der Waals surface area contributed by atoms with Crippen molar-refractivity contribution in [3.05, 3.63) is 0 Å². The third kappa shape index (κ3) is 7.02. The number of hydrogen-bond donors (Lipinski definition) is 1. The largest absolute Gasteiger partial charge is 0.375 e. The molecule has 1 aliphatic rings. The Bertz CT molecular complexity index is 201. The molecule has 0 aromatic heterocycles. The van der Waals surface area contributed by atoms with Crippen LogP contribution in [0.3, 0.4) is 0 Å². The van der Waals surface area contributed by atoms with E-state index in [9.17, 15) is 0 Å². The molecule has 0 bridgehead atoms. The van der Waals surface area contributed by atoms with E-state index in [1.54, 1.807) is 0 Å². The van der Waals surface area contributed by atoms with Crippen LogP contribution in [-0.2, 0) is 4.74 Å². The van der Waals surface area contributed by atoms with Gasteiger partial charge in [0.25, 0.3) is 0 Å². The van der Waals surface area contributed by atoms with Crippen LogP contribution in [0.15, 0.2) is 0 Å². The second kappa shape index (κ2) is 7.34. The fourth-order valence-corrected chi connectivity index (χ4v) is 2.30. The second-order valence-corrected chi connectivity index (χ2v) is 6.05. The van der Waals surface area contributed by atoms with E-state index in [1.165, 1.54) is 38.9 Å². The van der Waals surface area contributed by atoms with Crippen LogP contribution in [0.5, 0.6) is 0 Å². The van der Waals surface area contributed by atoms with Crippen molar-refractivity contribution >= 4 is 0 Å². The maximum Gasteiger partial charge on any atom is 0.0600 e. The van der Waals surface area contributed by atoms with Gasteiger partial charge in [0.1, 0.15) is 0 Å². The highest BCUT2D eigenvalue weighted by molar-refractivity contribution is 4.76. The first-order chi connectivity index (χ1) is 8.01. The van der Waals surface area contributed by atoms with Crippen molar-refractivity contribution in [2.75, 3.05) is 32.8 Å². The first kappa shape index (κ1) is 14.9. The van der Waals surface area contributed by atoms with Gasteiger partial charge < -0.3 is 10.1 Å². The minimum absolute atomic E-state index is 0.00702. The summed E-state index contributed by atoms with van der Waals surface area (Å²) in [6, 6.07) is 0.678. The standard InChI is InChI=1S/C14H30N2O/c1-5-7-13-12-16(9-6-8-15-13)10-11-17-14(2,3)4/h13,15H,5-12H2,1-4H3. The van der Waals surface area contributed by atoms with E-state index in [1.807, 2.05) is 0 Å². The SMILES string of the molecule is CCCC1CN(CCOC(C)(C)C)CCCN1. The number of nitrogens with one attached hydrogen (secondary N) is 1. The zero-order valence-corrected chi connectivity index (χ0v) is 12.1. The lowest BCUT2D eigenvalue weighted by Gasteiger charge is -2.26. The summed E-state index contributed by atoms with van der Waals surface area (Å²) in [5, 5.41) is 3.64. The zero-order chi connectivity index (χ0) is 12.7. The van der Waals surface area contributed by atoms with E-state index in [-0.39, 0.29) is 5.60 Å². The smallest absolute Gasteiger partial charge is 0.0600 e. The van der Waals surface area contributed by atoms with Crippen molar-refractivity contribution in [2.45, 2.75) is 58.6 Å². The van der Waals surface area contributed by atoms with Gasteiger partial charge in [0.2, 0.25) is 0 Å². The Labute approximate surface area is 107 Å². The summed E-state index contributed by atoms with van der Waals surface area (Å²) in [5.74, 6) is 0. The summed E-state index contributed by atoms with van der Waals surface area (Å²) in [6.45, 7) is 14.1. The van der Waals surface area contributed by atoms with Crippen molar-refractivity contribution < 1.29 is 4.74 Å². The minimum Gasteiger partial charge on any atom is -0.375 e. The molecule has 0 aromatic carbocycles. The molecule has 1 atom stereocenters. The van der Waals surface area contributed by atoms with Gasteiger partial charge in [-0.2, -0.15) is 0 Å². The molecule has 0 saturated carbocycles. The molecule has 1 aliphatic heterocycles. The zero-order valence-electron chi connectivity index (χ0n) is 12.1. The molecule has 102 valence electrons. The van der Waals surface area contributed by atoms with E-state index in [0.717, 1.165) is 13.2 Å². The molecule has 0 aliphatic carbocycles. The van der Waals surface area contributed by atoms with E-state index in [0.29, 0.717) is 6.04 Å². The summed E-state index contributed by atoms with van der Waals surface area (Å²) in [6.07, 6.45) is 3.82. The van der Waals surface area contributed by atoms with E-state index in [2.05, 4.69) is 37.9 Å². The van der Waals surface area contributed by atoms with Gasteiger partial charge in [0, 0.05) is 19.1 Å². The van der Waals surface area contributed by atoms with E-state index >= 15 is 0 Å². The minimum atomic E-state index is -0.00702. The lowest BCUT2D eigenvalue weighted by atomic mass is 10.1. The molecule has 0 spiro atoms. The van der Waals surface area contributed by atoms with Crippen molar-refractivity contribution in [1.82, 2.24) is 10.2 Å². The average molecular weight is 242 g/mol. The quantitative estimate of drug-likeness (QED) is 0.800. The monoisotopic (exact) mass is 242 g/mol. The Kier molecular flexibility index (Phi) is 6.45. The summed E-state index contributed by atoms with van der Waals surface area (Å²) in [5.41, 5.74) is -0.00702. The topological polar surface area (TPSA) is 24.5 Å². The van der Waals surface area contributed by atoms with Gasteiger partial charge in [0.15, 0.2) is 0 Å². The van der Waals surface area contributed by atoms with Crippen LogP contribution < -0.4 is 5.32 Å². The number of nitrogens with zero attached hydrogens (tertiary/aromatic N) is 1. The maximum atomic E-state index is 5.81.